The number of piperazine rings is 1. The minimum Gasteiger partial charge on any atom is -0.496 e. The van der Waals surface area contributed by atoms with E-state index in [0.29, 0.717) is 48.9 Å². The zero-order chi connectivity index (χ0) is 28.7. The Labute approximate surface area is 235 Å². The van der Waals surface area contributed by atoms with Gasteiger partial charge in [-0.25, -0.2) is 22.7 Å². The molecule has 1 amide bonds. The van der Waals surface area contributed by atoms with Crippen molar-refractivity contribution in [1.29, 1.82) is 0 Å². The van der Waals surface area contributed by atoms with Crippen molar-refractivity contribution in [3.8, 4) is 5.75 Å². The second-order valence-corrected chi connectivity index (χ2v) is 10.4. The summed E-state index contributed by atoms with van der Waals surface area (Å²) in [6, 6.07) is 7.57. The van der Waals surface area contributed by atoms with Crippen molar-refractivity contribution < 1.29 is 22.7 Å². The first-order chi connectivity index (χ1) is 19.8. The van der Waals surface area contributed by atoms with Gasteiger partial charge in [-0.2, -0.15) is 5.10 Å². The fourth-order valence-electron chi connectivity index (χ4n) is 5.61. The Bertz CT molecular complexity index is 1600. The Morgan fingerprint density at radius 1 is 1.02 bits per heavy atom. The number of halogens is 3. The maximum Gasteiger partial charge on any atom is 0.259 e. The monoisotopic (exact) mass is 565 g/mol. The number of hydrogen-bond donors (Lipinski definition) is 1. The highest BCUT2D eigenvalue weighted by Crippen LogP contribution is 2.37. The zero-order valence-corrected chi connectivity index (χ0v) is 22.8. The lowest BCUT2D eigenvalue weighted by Crippen LogP contribution is -2.44. The molecule has 2 saturated heterocycles. The van der Waals surface area contributed by atoms with E-state index in [1.54, 1.807) is 18.3 Å². The Balaban J connectivity index is 1.27. The molecule has 2 aromatic heterocycles. The number of nitrogens with one attached hydrogen (secondary N) is 1. The zero-order valence-electron chi connectivity index (χ0n) is 22.8. The molecule has 6 rings (SSSR count). The van der Waals surface area contributed by atoms with E-state index >= 15 is 4.39 Å². The van der Waals surface area contributed by atoms with Gasteiger partial charge < -0.3 is 24.8 Å². The van der Waals surface area contributed by atoms with Crippen molar-refractivity contribution in [2.75, 3.05) is 62.0 Å². The third kappa shape index (κ3) is 5.15. The van der Waals surface area contributed by atoms with E-state index in [0.717, 1.165) is 31.6 Å². The first kappa shape index (κ1) is 26.9. The fraction of sp³-hybridized carbons (Fsp3) is 0.345. The van der Waals surface area contributed by atoms with Crippen LogP contribution in [-0.2, 0) is 0 Å². The number of amides is 1. The van der Waals surface area contributed by atoms with Crippen LogP contribution in [-0.4, -0.2) is 72.3 Å². The maximum atomic E-state index is 15.2. The van der Waals surface area contributed by atoms with Crippen molar-refractivity contribution in [2.24, 2.45) is 0 Å². The largest absolute Gasteiger partial charge is 0.496 e. The molecule has 1 atom stereocenters. The molecule has 4 aromatic rings. The molecule has 4 heterocycles. The molecule has 214 valence electrons. The Hall–Kier alpha value is -4.32. The Morgan fingerprint density at radius 2 is 1.83 bits per heavy atom. The van der Waals surface area contributed by atoms with Crippen molar-refractivity contribution in [3.63, 3.8) is 0 Å². The van der Waals surface area contributed by atoms with Crippen molar-refractivity contribution in [3.05, 3.63) is 77.4 Å². The van der Waals surface area contributed by atoms with E-state index in [2.05, 4.69) is 15.3 Å². The minimum absolute atomic E-state index is 0.0413. The predicted molar refractivity (Wildman–Crippen MR) is 149 cm³/mol. The number of likely N-dealkylation sites (N-methyl/N-ethyl adjacent to an activating group) is 1. The summed E-state index contributed by atoms with van der Waals surface area (Å²) >= 11 is 0. The summed E-state index contributed by atoms with van der Waals surface area (Å²) in [6.45, 7) is 3.56. The summed E-state index contributed by atoms with van der Waals surface area (Å²) < 4.78 is 50.7. The van der Waals surface area contributed by atoms with Gasteiger partial charge in [-0.3, -0.25) is 4.79 Å². The molecule has 1 N–H and O–H groups in total. The van der Waals surface area contributed by atoms with Crippen LogP contribution in [0, 0.1) is 17.5 Å². The fourth-order valence-corrected chi connectivity index (χ4v) is 5.61. The highest BCUT2D eigenvalue weighted by atomic mass is 19.1. The first-order valence-corrected chi connectivity index (χ1v) is 13.5. The number of anilines is 3. The number of hydrogen-bond acceptors (Lipinski definition) is 7. The highest BCUT2D eigenvalue weighted by molar-refractivity contribution is 6.08. The van der Waals surface area contributed by atoms with Crippen LogP contribution < -0.4 is 19.9 Å². The van der Waals surface area contributed by atoms with E-state index < -0.39 is 23.4 Å². The number of nitrogens with zero attached hydrogens (tertiary/aromatic N) is 6. The Morgan fingerprint density at radius 3 is 2.61 bits per heavy atom. The number of rotatable bonds is 6. The standard InChI is InChI=1S/C29H30F3N7O2/c1-36-10-12-37(13-11-36)25-16-26(41-2)20(15-22(25)32)29(40)34-23-17-33-39-9-7-27(35-28(23)39)38-8-3-4-24(38)19-14-18(30)5-6-21(19)31/h5-7,9,14-17,24H,3-4,8,10-13H2,1-2H3,(H,34,40)/t24-/m1/s1. The molecule has 0 radical (unpaired) electrons. The average Bonchev–Trinajstić information content (AvgIpc) is 3.62. The van der Waals surface area contributed by atoms with Gasteiger partial charge in [0.15, 0.2) is 5.65 Å². The average molecular weight is 566 g/mol. The second-order valence-electron chi connectivity index (χ2n) is 10.4. The van der Waals surface area contributed by atoms with E-state index in [9.17, 15) is 13.6 Å². The third-order valence-corrected chi connectivity index (χ3v) is 7.82. The van der Waals surface area contributed by atoms with Gasteiger partial charge in [-0.15, -0.1) is 0 Å². The predicted octanol–water partition coefficient (Wildman–Crippen LogP) is 4.50. The molecular weight excluding hydrogens is 535 g/mol. The number of carbonyl (C=O) groups excluding carboxylic acids is 1. The SMILES string of the molecule is COc1cc(N2CCN(C)CC2)c(F)cc1C(=O)Nc1cnn2ccc(N3CCC[C@@H]3c3cc(F)ccc3F)nc12. The van der Waals surface area contributed by atoms with Crippen LogP contribution in [0.5, 0.6) is 5.75 Å². The van der Waals surface area contributed by atoms with E-state index in [-0.39, 0.29) is 22.9 Å². The summed E-state index contributed by atoms with van der Waals surface area (Å²) in [6.07, 6.45) is 4.58. The summed E-state index contributed by atoms with van der Waals surface area (Å²) in [5, 5.41) is 7.06. The van der Waals surface area contributed by atoms with Crippen LogP contribution in [0.15, 0.2) is 48.8 Å². The second kappa shape index (κ2) is 10.9. The number of fused-ring (bicyclic) bond motifs is 1. The molecule has 12 heteroatoms. The number of ether oxygens (including phenoxy) is 1. The van der Waals surface area contributed by atoms with E-state index in [1.165, 1.54) is 30.0 Å². The lowest BCUT2D eigenvalue weighted by molar-refractivity contribution is 0.102. The molecule has 0 spiro atoms. The number of carbonyl (C=O) groups is 1. The van der Waals surface area contributed by atoms with Crippen LogP contribution >= 0.6 is 0 Å². The smallest absolute Gasteiger partial charge is 0.259 e. The van der Waals surface area contributed by atoms with Crippen molar-refractivity contribution >= 4 is 28.7 Å². The first-order valence-electron chi connectivity index (χ1n) is 13.5. The lowest BCUT2D eigenvalue weighted by Gasteiger charge is -2.34. The quantitative estimate of drug-likeness (QED) is 0.369. The molecule has 2 aliphatic heterocycles. The lowest BCUT2D eigenvalue weighted by atomic mass is 10.0. The maximum absolute atomic E-state index is 15.2. The number of methoxy groups -OCH3 is 1. The van der Waals surface area contributed by atoms with Crippen molar-refractivity contribution in [2.45, 2.75) is 18.9 Å². The van der Waals surface area contributed by atoms with Gasteiger partial charge in [0.05, 0.1) is 30.6 Å². The molecule has 2 fully saturated rings. The Kier molecular flexibility index (Phi) is 7.16. The van der Waals surface area contributed by atoms with Gasteiger partial charge in [-0.05, 0) is 50.2 Å². The van der Waals surface area contributed by atoms with Gasteiger partial charge in [0.2, 0.25) is 0 Å². The molecule has 2 aliphatic rings. The van der Waals surface area contributed by atoms with Gasteiger partial charge in [0.1, 0.15) is 34.7 Å². The molecule has 2 aromatic carbocycles. The van der Waals surface area contributed by atoms with Crippen LogP contribution in [0.2, 0.25) is 0 Å². The minimum atomic E-state index is -0.575. The summed E-state index contributed by atoms with van der Waals surface area (Å²) in [5.74, 6) is -1.26. The van der Waals surface area contributed by atoms with Gasteiger partial charge in [-0.1, -0.05) is 0 Å². The summed E-state index contributed by atoms with van der Waals surface area (Å²) in [4.78, 5) is 24.1. The molecule has 9 nitrogen and oxygen atoms in total. The van der Waals surface area contributed by atoms with E-state index in [1.807, 2.05) is 16.8 Å². The molecule has 0 aliphatic carbocycles. The molecule has 0 saturated carbocycles. The topological polar surface area (TPSA) is 78.2 Å². The van der Waals surface area contributed by atoms with Crippen LogP contribution in [0.25, 0.3) is 5.65 Å². The highest BCUT2D eigenvalue weighted by Gasteiger charge is 2.30. The molecule has 0 bridgehead atoms. The van der Waals surface area contributed by atoms with E-state index in [4.69, 9.17) is 9.72 Å². The molecule has 0 unspecified atom stereocenters. The normalized spacial score (nSPS) is 17.8. The van der Waals surface area contributed by atoms with Crippen molar-refractivity contribution in [1.82, 2.24) is 19.5 Å². The van der Waals surface area contributed by atoms with Crippen LogP contribution in [0.1, 0.15) is 34.8 Å². The molecular formula is C29H30F3N7O2. The molecule has 41 heavy (non-hydrogen) atoms. The van der Waals surface area contributed by atoms with Crippen LogP contribution in [0.3, 0.4) is 0 Å². The number of aromatic nitrogens is 3. The van der Waals surface area contributed by atoms with Gasteiger partial charge in [0.25, 0.3) is 5.91 Å². The van der Waals surface area contributed by atoms with Crippen LogP contribution in [0.4, 0.5) is 30.4 Å². The van der Waals surface area contributed by atoms with Gasteiger partial charge >= 0.3 is 0 Å². The summed E-state index contributed by atoms with van der Waals surface area (Å²) in [5.41, 5.74) is 1.38. The third-order valence-electron chi connectivity index (χ3n) is 7.82. The summed E-state index contributed by atoms with van der Waals surface area (Å²) in [7, 11) is 3.46. The number of benzene rings is 2. The van der Waals surface area contributed by atoms with Gasteiger partial charge in [0, 0.05) is 50.6 Å².